The van der Waals surface area contributed by atoms with Crippen LogP contribution in [0.15, 0.2) is 48.5 Å². The van der Waals surface area contributed by atoms with E-state index in [-0.39, 0.29) is 16.5 Å². The molecule has 1 heterocycles. The van der Waals surface area contributed by atoms with Gasteiger partial charge in [0.2, 0.25) is 0 Å². The maximum atomic E-state index is 12.6. The van der Waals surface area contributed by atoms with Gasteiger partial charge in [-0.15, -0.1) is 11.3 Å². The van der Waals surface area contributed by atoms with E-state index in [4.69, 9.17) is 17.0 Å². The second-order valence-corrected chi connectivity index (χ2v) is 8.08. The standard InChI is InChI=1S/C21H19N3O4S2/c1-12-9-10-15(16(11-12)24(26)27)22-21(29)23-19-18(20(25)28-3)17(13(2)30-19)14-7-5-4-6-8-14/h4-11H,1-3H3,(H2,22,23,29). The fourth-order valence-corrected chi connectivity index (χ4v) is 4.38. The van der Waals surface area contributed by atoms with E-state index in [1.165, 1.54) is 24.5 Å². The zero-order valence-electron chi connectivity index (χ0n) is 16.5. The number of nitrogens with zero attached hydrogens (tertiary/aromatic N) is 1. The van der Waals surface area contributed by atoms with E-state index in [2.05, 4.69) is 10.6 Å². The van der Waals surface area contributed by atoms with Crippen molar-refractivity contribution in [2.24, 2.45) is 0 Å². The molecule has 1 aromatic heterocycles. The van der Waals surface area contributed by atoms with Gasteiger partial charge in [0.05, 0.1) is 12.0 Å². The average molecular weight is 442 g/mol. The highest BCUT2D eigenvalue weighted by Crippen LogP contribution is 2.40. The molecule has 0 fully saturated rings. The molecule has 0 amide bonds. The Balaban J connectivity index is 1.95. The normalized spacial score (nSPS) is 10.4. The first-order valence-electron chi connectivity index (χ1n) is 8.92. The van der Waals surface area contributed by atoms with Crippen LogP contribution in [0.3, 0.4) is 0 Å². The minimum absolute atomic E-state index is 0.0836. The van der Waals surface area contributed by atoms with Crippen LogP contribution in [-0.4, -0.2) is 23.1 Å². The van der Waals surface area contributed by atoms with Crippen molar-refractivity contribution in [1.29, 1.82) is 0 Å². The molecule has 3 aromatic rings. The first-order valence-corrected chi connectivity index (χ1v) is 10.1. The lowest BCUT2D eigenvalue weighted by atomic mass is 10.0. The lowest BCUT2D eigenvalue weighted by molar-refractivity contribution is -0.383. The van der Waals surface area contributed by atoms with E-state index in [1.807, 2.05) is 37.3 Å². The lowest BCUT2D eigenvalue weighted by Gasteiger charge is -2.12. The average Bonchev–Trinajstić information content (AvgIpc) is 3.04. The van der Waals surface area contributed by atoms with Gasteiger partial charge >= 0.3 is 5.97 Å². The number of anilines is 2. The molecule has 0 unspecified atom stereocenters. The number of aryl methyl sites for hydroxylation is 2. The van der Waals surface area contributed by atoms with Crippen LogP contribution in [0.4, 0.5) is 16.4 Å². The van der Waals surface area contributed by atoms with Crippen molar-refractivity contribution < 1.29 is 14.5 Å². The second-order valence-electron chi connectivity index (χ2n) is 6.45. The number of hydrogen-bond donors (Lipinski definition) is 2. The number of hydrogen-bond acceptors (Lipinski definition) is 6. The molecule has 0 spiro atoms. The number of carbonyl (C=O) groups is 1. The summed E-state index contributed by atoms with van der Waals surface area (Å²) in [6.07, 6.45) is 0. The van der Waals surface area contributed by atoms with E-state index in [1.54, 1.807) is 19.1 Å². The summed E-state index contributed by atoms with van der Waals surface area (Å²) in [6.45, 7) is 3.68. The molecule has 154 valence electrons. The summed E-state index contributed by atoms with van der Waals surface area (Å²) >= 11 is 6.72. The molecular weight excluding hydrogens is 422 g/mol. The quantitative estimate of drug-likeness (QED) is 0.232. The molecule has 0 radical (unpaired) electrons. The van der Waals surface area contributed by atoms with Crippen molar-refractivity contribution in [2.45, 2.75) is 13.8 Å². The summed E-state index contributed by atoms with van der Waals surface area (Å²) in [5.41, 5.74) is 2.96. The number of thiocarbonyl (C=S) groups is 1. The molecule has 9 heteroatoms. The summed E-state index contributed by atoms with van der Waals surface area (Å²) < 4.78 is 4.99. The van der Waals surface area contributed by atoms with Crippen LogP contribution in [0.2, 0.25) is 0 Å². The van der Waals surface area contributed by atoms with Gasteiger partial charge in [0.1, 0.15) is 16.3 Å². The van der Waals surface area contributed by atoms with Crippen molar-refractivity contribution in [3.8, 4) is 11.1 Å². The van der Waals surface area contributed by atoms with Gasteiger partial charge in [-0.05, 0) is 43.3 Å². The van der Waals surface area contributed by atoms with Crippen LogP contribution < -0.4 is 10.6 Å². The topological polar surface area (TPSA) is 93.5 Å². The Morgan fingerprint density at radius 2 is 1.83 bits per heavy atom. The molecule has 0 atom stereocenters. The molecule has 2 aromatic carbocycles. The predicted molar refractivity (Wildman–Crippen MR) is 124 cm³/mol. The van der Waals surface area contributed by atoms with Crippen LogP contribution in [0.1, 0.15) is 20.8 Å². The fourth-order valence-electron chi connectivity index (χ4n) is 3.04. The molecule has 0 aliphatic rings. The minimum Gasteiger partial charge on any atom is -0.465 e. The van der Waals surface area contributed by atoms with Gasteiger partial charge in [-0.25, -0.2) is 4.79 Å². The maximum Gasteiger partial charge on any atom is 0.341 e. The summed E-state index contributed by atoms with van der Waals surface area (Å²) in [5.74, 6) is -0.496. The number of nitro benzene ring substituents is 1. The number of nitrogens with one attached hydrogen (secondary N) is 2. The Kier molecular flexibility index (Phi) is 6.43. The first kappa shape index (κ1) is 21.4. The number of esters is 1. The number of carbonyl (C=O) groups excluding carboxylic acids is 1. The summed E-state index contributed by atoms with van der Waals surface area (Å²) in [4.78, 5) is 24.3. The van der Waals surface area contributed by atoms with E-state index in [0.717, 1.165) is 21.6 Å². The van der Waals surface area contributed by atoms with Crippen LogP contribution in [0, 0.1) is 24.0 Å². The van der Waals surface area contributed by atoms with Crippen molar-refractivity contribution in [2.75, 3.05) is 17.7 Å². The highest BCUT2D eigenvalue weighted by Gasteiger charge is 2.25. The SMILES string of the molecule is COC(=O)c1c(NC(=S)Nc2ccc(C)cc2[N+](=O)[O-])sc(C)c1-c1ccccc1. The zero-order valence-corrected chi connectivity index (χ0v) is 18.1. The number of methoxy groups -OCH3 is 1. The van der Waals surface area contributed by atoms with E-state index in [9.17, 15) is 14.9 Å². The van der Waals surface area contributed by atoms with Gasteiger partial charge in [0.15, 0.2) is 5.11 Å². The Hall–Kier alpha value is -3.30. The molecule has 30 heavy (non-hydrogen) atoms. The second kappa shape index (κ2) is 9.02. The van der Waals surface area contributed by atoms with Gasteiger partial charge in [0.25, 0.3) is 5.69 Å². The minimum atomic E-state index is -0.496. The number of benzene rings is 2. The van der Waals surface area contributed by atoms with Gasteiger partial charge in [0, 0.05) is 16.5 Å². The van der Waals surface area contributed by atoms with Crippen molar-refractivity contribution >= 4 is 51.0 Å². The summed E-state index contributed by atoms with van der Waals surface area (Å²) in [6, 6.07) is 14.3. The first-order chi connectivity index (χ1) is 14.3. The zero-order chi connectivity index (χ0) is 21.8. The molecule has 7 nitrogen and oxygen atoms in total. The highest BCUT2D eigenvalue weighted by molar-refractivity contribution is 7.80. The summed E-state index contributed by atoms with van der Waals surface area (Å²) in [7, 11) is 1.32. The van der Waals surface area contributed by atoms with Gasteiger partial charge in [-0.1, -0.05) is 36.4 Å². The van der Waals surface area contributed by atoms with Crippen LogP contribution >= 0.6 is 23.6 Å². The molecule has 0 bridgehead atoms. The third kappa shape index (κ3) is 4.47. The van der Waals surface area contributed by atoms with Gasteiger partial charge < -0.3 is 15.4 Å². The maximum absolute atomic E-state index is 12.6. The number of nitro groups is 1. The van der Waals surface area contributed by atoms with Crippen molar-refractivity contribution in [3.63, 3.8) is 0 Å². The Bertz CT molecular complexity index is 1130. The monoisotopic (exact) mass is 441 g/mol. The largest absolute Gasteiger partial charge is 0.465 e. The van der Waals surface area contributed by atoms with Crippen LogP contribution in [0.5, 0.6) is 0 Å². The van der Waals surface area contributed by atoms with E-state index in [0.29, 0.717) is 10.6 Å². The molecule has 0 saturated carbocycles. The van der Waals surface area contributed by atoms with E-state index < -0.39 is 10.9 Å². The Labute approximate surface area is 182 Å². The number of rotatable bonds is 5. The highest BCUT2D eigenvalue weighted by atomic mass is 32.1. The third-order valence-corrected chi connectivity index (χ3v) is 5.59. The van der Waals surface area contributed by atoms with Crippen LogP contribution in [-0.2, 0) is 4.74 Å². The molecule has 2 N–H and O–H groups in total. The number of thiophene rings is 1. The predicted octanol–water partition coefficient (Wildman–Crippen LogP) is 5.54. The Morgan fingerprint density at radius 1 is 1.13 bits per heavy atom. The summed E-state index contributed by atoms with van der Waals surface area (Å²) in [5, 5.41) is 17.8. The van der Waals surface area contributed by atoms with Crippen LogP contribution in [0.25, 0.3) is 11.1 Å². The lowest BCUT2D eigenvalue weighted by Crippen LogP contribution is -2.20. The molecular formula is C21H19N3O4S2. The Morgan fingerprint density at radius 3 is 2.47 bits per heavy atom. The van der Waals surface area contributed by atoms with Crippen molar-refractivity contribution in [1.82, 2.24) is 0 Å². The number of ether oxygens (including phenoxy) is 1. The fraction of sp³-hybridized carbons (Fsp3) is 0.143. The van der Waals surface area contributed by atoms with E-state index >= 15 is 0 Å². The molecule has 3 rings (SSSR count). The smallest absolute Gasteiger partial charge is 0.341 e. The third-order valence-electron chi connectivity index (χ3n) is 4.36. The van der Waals surface area contributed by atoms with Gasteiger partial charge in [-0.2, -0.15) is 0 Å². The molecule has 0 aliphatic heterocycles. The molecule has 0 aliphatic carbocycles. The van der Waals surface area contributed by atoms with Crippen molar-refractivity contribution in [3.05, 3.63) is 74.6 Å². The molecule has 0 saturated heterocycles. The van der Waals surface area contributed by atoms with Gasteiger partial charge in [-0.3, -0.25) is 10.1 Å².